The van der Waals surface area contributed by atoms with Crippen LogP contribution in [0.4, 0.5) is 5.69 Å². The van der Waals surface area contributed by atoms with Gasteiger partial charge in [-0.25, -0.2) is 9.97 Å². The zero-order valence-corrected chi connectivity index (χ0v) is 15.2. The maximum atomic E-state index is 12.6. The smallest absolute Gasteiger partial charge is 0.262 e. The molecule has 0 aliphatic rings. The minimum absolute atomic E-state index is 0.286. The molecule has 0 saturated heterocycles. The summed E-state index contributed by atoms with van der Waals surface area (Å²) in [5.41, 5.74) is 3.74. The predicted octanol–water partition coefficient (Wildman–Crippen LogP) is 2.70. The number of nitrogens with one attached hydrogen (secondary N) is 1. The van der Waals surface area contributed by atoms with Crippen LogP contribution in [0.5, 0.6) is 5.88 Å². The van der Waals surface area contributed by atoms with E-state index in [9.17, 15) is 4.79 Å². The van der Waals surface area contributed by atoms with Crippen molar-refractivity contribution in [3.63, 3.8) is 0 Å². The van der Waals surface area contributed by atoms with Gasteiger partial charge in [-0.05, 0) is 25.1 Å². The first-order valence-corrected chi connectivity index (χ1v) is 8.36. The second-order valence-corrected chi connectivity index (χ2v) is 6.10. The van der Waals surface area contributed by atoms with Crippen molar-refractivity contribution in [2.75, 3.05) is 12.4 Å². The molecule has 136 valence electrons. The van der Waals surface area contributed by atoms with E-state index >= 15 is 0 Å². The van der Waals surface area contributed by atoms with E-state index in [0.29, 0.717) is 17.0 Å². The van der Waals surface area contributed by atoms with Crippen LogP contribution >= 0.6 is 0 Å². The highest BCUT2D eigenvalue weighted by Gasteiger charge is 2.17. The molecule has 0 spiro atoms. The summed E-state index contributed by atoms with van der Waals surface area (Å²) < 4.78 is 8.63. The van der Waals surface area contributed by atoms with Crippen molar-refractivity contribution in [3.8, 4) is 17.1 Å². The maximum Gasteiger partial charge on any atom is 0.262 e. The summed E-state index contributed by atoms with van der Waals surface area (Å²) in [6.07, 6.45) is 5.26. The number of nitrogens with zero attached hydrogens (tertiary/aromatic N) is 5. The van der Waals surface area contributed by atoms with Gasteiger partial charge in [0.15, 0.2) is 0 Å². The highest BCUT2D eigenvalue weighted by atomic mass is 16.5. The first kappa shape index (κ1) is 16.8. The molecule has 0 radical (unpaired) electrons. The zero-order chi connectivity index (χ0) is 19.0. The lowest BCUT2D eigenvalue weighted by Gasteiger charge is -2.07. The van der Waals surface area contributed by atoms with Gasteiger partial charge in [0, 0.05) is 42.6 Å². The third kappa shape index (κ3) is 3.01. The molecule has 1 N–H and O–H groups in total. The van der Waals surface area contributed by atoms with Crippen LogP contribution in [0.15, 0.2) is 48.9 Å². The number of carbonyl (C=O) groups is 1. The number of carbonyl (C=O) groups excluding carboxylic acids is 1. The molecule has 27 heavy (non-hydrogen) atoms. The summed E-state index contributed by atoms with van der Waals surface area (Å²) in [6.45, 7) is 1.99. The molecule has 0 fully saturated rings. The fraction of sp³-hybridized carbons (Fsp3) is 0.158. The highest BCUT2D eigenvalue weighted by Crippen LogP contribution is 2.26. The molecule has 1 amide bonds. The number of imidazole rings is 1. The van der Waals surface area contributed by atoms with E-state index in [0.717, 1.165) is 17.0 Å². The average Bonchev–Trinajstić information content (AvgIpc) is 3.22. The lowest BCUT2D eigenvalue weighted by Crippen LogP contribution is -2.12. The zero-order valence-electron chi connectivity index (χ0n) is 15.2. The number of amides is 1. The maximum absolute atomic E-state index is 12.6. The number of rotatable bonds is 4. The summed E-state index contributed by atoms with van der Waals surface area (Å²) in [6, 6.07) is 9.41. The summed E-state index contributed by atoms with van der Waals surface area (Å²) in [7, 11) is 3.22. The van der Waals surface area contributed by atoms with E-state index in [1.54, 1.807) is 19.4 Å². The van der Waals surface area contributed by atoms with Crippen LogP contribution < -0.4 is 10.1 Å². The first-order valence-electron chi connectivity index (χ1n) is 8.36. The van der Waals surface area contributed by atoms with Gasteiger partial charge in [-0.1, -0.05) is 12.1 Å². The summed E-state index contributed by atoms with van der Waals surface area (Å²) in [4.78, 5) is 21.5. The van der Waals surface area contributed by atoms with Gasteiger partial charge >= 0.3 is 0 Å². The molecular formula is C19H18N6O2. The van der Waals surface area contributed by atoms with Crippen LogP contribution in [0.1, 0.15) is 16.1 Å². The molecule has 0 saturated carbocycles. The number of aromatic nitrogens is 5. The van der Waals surface area contributed by atoms with Crippen LogP contribution in [0.3, 0.4) is 0 Å². The molecular weight excluding hydrogens is 344 g/mol. The number of aryl methyl sites for hydroxylation is 2. The Hall–Kier alpha value is -3.68. The lowest BCUT2D eigenvalue weighted by atomic mass is 10.1. The average molecular weight is 362 g/mol. The lowest BCUT2D eigenvalue weighted by molar-refractivity contribution is 0.102. The Labute approximate surface area is 155 Å². The molecule has 0 aliphatic heterocycles. The van der Waals surface area contributed by atoms with E-state index in [2.05, 4.69) is 20.4 Å². The van der Waals surface area contributed by atoms with E-state index in [1.165, 1.54) is 11.8 Å². The van der Waals surface area contributed by atoms with Crippen LogP contribution in [0.25, 0.3) is 17.0 Å². The van der Waals surface area contributed by atoms with E-state index in [1.807, 2.05) is 47.9 Å². The Morgan fingerprint density at radius 1 is 1.26 bits per heavy atom. The van der Waals surface area contributed by atoms with Gasteiger partial charge in [0.2, 0.25) is 11.7 Å². The Morgan fingerprint density at radius 2 is 2.11 bits per heavy atom. The van der Waals surface area contributed by atoms with Crippen LogP contribution in [0.2, 0.25) is 0 Å². The van der Waals surface area contributed by atoms with Gasteiger partial charge in [0.25, 0.3) is 5.91 Å². The largest absolute Gasteiger partial charge is 0.479 e. The number of benzene rings is 1. The van der Waals surface area contributed by atoms with Crippen LogP contribution in [-0.4, -0.2) is 37.2 Å². The predicted molar refractivity (Wildman–Crippen MR) is 101 cm³/mol. The molecule has 0 bridgehead atoms. The summed E-state index contributed by atoms with van der Waals surface area (Å²) in [5.74, 6) is 0.637. The number of ether oxygens (including phenoxy) is 1. The van der Waals surface area contributed by atoms with Crippen molar-refractivity contribution >= 4 is 17.4 Å². The minimum atomic E-state index is -0.287. The molecule has 1 aromatic carbocycles. The Balaban J connectivity index is 1.66. The molecule has 0 atom stereocenters. The van der Waals surface area contributed by atoms with Crippen molar-refractivity contribution in [3.05, 3.63) is 60.2 Å². The molecule has 0 unspecified atom stereocenters. The number of fused-ring (bicyclic) bond motifs is 1. The van der Waals surface area contributed by atoms with Crippen molar-refractivity contribution < 1.29 is 9.53 Å². The van der Waals surface area contributed by atoms with Crippen molar-refractivity contribution in [2.45, 2.75) is 6.92 Å². The molecule has 0 aliphatic carbocycles. The standard InChI is InChI=1S/C19H18N6O2/c1-12-16(22-19-20-8-5-9-25(12)19)13-6-4-7-14(10-13)21-17(26)15-11-24(2)23-18(15)27-3/h4-11H,1-3H3,(H,21,26). The molecule has 4 aromatic rings. The van der Waals surface area contributed by atoms with E-state index in [-0.39, 0.29) is 11.8 Å². The van der Waals surface area contributed by atoms with Gasteiger partial charge < -0.3 is 10.1 Å². The number of anilines is 1. The van der Waals surface area contributed by atoms with Crippen LogP contribution in [-0.2, 0) is 7.05 Å². The van der Waals surface area contributed by atoms with Crippen molar-refractivity contribution in [2.24, 2.45) is 7.05 Å². The topological polar surface area (TPSA) is 86.3 Å². The fourth-order valence-electron chi connectivity index (χ4n) is 2.99. The molecule has 3 aromatic heterocycles. The molecule has 8 nitrogen and oxygen atoms in total. The van der Waals surface area contributed by atoms with Crippen LogP contribution in [0, 0.1) is 6.92 Å². The van der Waals surface area contributed by atoms with Gasteiger partial charge in [-0.3, -0.25) is 13.9 Å². The number of methoxy groups -OCH3 is 1. The van der Waals surface area contributed by atoms with Gasteiger partial charge in [0.05, 0.1) is 12.8 Å². The fourth-order valence-corrected chi connectivity index (χ4v) is 2.99. The third-order valence-electron chi connectivity index (χ3n) is 4.27. The van der Waals surface area contributed by atoms with E-state index in [4.69, 9.17) is 4.74 Å². The SMILES string of the molecule is COc1nn(C)cc1C(=O)Nc1cccc(-c2nc3ncccn3c2C)c1. The van der Waals surface area contributed by atoms with Crippen molar-refractivity contribution in [1.82, 2.24) is 24.1 Å². The molecule has 4 rings (SSSR count). The highest BCUT2D eigenvalue weighted by molar-refractivity contribution is 6.06. The monoisotopic (exact) mass is 362 g/mol. The molecule has 8 heteroatoms. The number of hydrogen-bond donors (Lipinski definition) is 1. The molecule has 3 heterocycles. The first-order chi connectivity index (χ1) is 13.1. The Morgan fingerprint density at radius 3 is 2.89 bits per heavy atom. The second kappa shape index (κ2) is 6.56. The quantitative estimate of drug-likeness (QED) is 0.603. The Kier molecular flexibility index (Phi) is 4.08. The van der Waals surface area contributed by atoms with E-state index < -0.39 is 0 Å². The third-order valence-corrected chi connectivity index (χ3v) is 4.27. The normalized spacial score (nSPS) is 10.9. The minimum Gasteiger partial charge on any atom is -0.479 e. The van der Waals surface area contributed by atoms with Crippen molar-refractivity contribution in [1.29, 1.82) is 0 Å². The second-order valence-electron chi connectivity index (χ2n) is 6.10. The summed E-state index contributed by atoms with van der Waals surface area (Å²) in [5, 5.41) is 6.99. The van der Waals surface area contributed by atoms with Gasteiger partial charge in [-0.2, -0.15) is 0 Å². The Bertz CT molecular complexity index is 1140. The summed E-state index contributed by atoms with van der Waals surface area (Å²) >= 11 is 0. The number of hydrogen-bond acceptors (Lipinski definition) is 5. The van der Waals surface area contributed by atoms with Gasteiger partial charge in [-0.15, -0.1) is 5.10 Å². The van der Waals surface area contributed by atoms with Gasteiger partial charge in [0.1, 0.15) is 5.56 Å².